The van der Waals surface area contributed by atoms with E-state index in [2.05, 4.69) is 12.1 Å². The van der Waals surface area contributed by atoms with Gasteiger partial charge in [0, 0.05) is 28.4 Å². The van der Waals surface area contributed by atoms with Crippen molar-refractivity contribution in [3.63, 3.8) is 0 Å². The van der Waals surface area contributed by atoms with Crippen molar-refractivity contribution >= 4 is 34.5 Å². The zero-order valence-electron chi connectivity index (χ0n) is 19.2. The van der Waals surface area contributed by atoms with Crippen LogP contribution < -0.4 is 4.90 Å². The van der Waals surface area contributed by atoms with Crippen LogP contribution in [0.4, 0.5) is 5.69 Å². The Morgan fingerprint density at radius 2 is 1.74 bits per heavy atom. The van der Waals surface area contributed by atoms with E-state index in [1.807, 2.05) is 67.6 Å². The average Bonchev–Trinajstić information content (AvgIpc) is 3.06. The molecule has 172 valence electrons. The standard InChI is InChI=1S/C29H23N3O3/c1-19-10-11-25-24(16-31(18-28(33)34)27(25)12-19)14-23(15-30)29(35)32-17-22-8-3-2-6-20(22)13-21-7-4-5-9-26(21)32/h2-12,14,16H,13,17-18H2,1H3,(H,33,34). The second kappa shape index (κ2) is 8.96. The fourth-order valence-corrected chi connectivity index (χ4v) is 4.71. The molecule has 2 heterocycles. The van der Waals surface area contributed by atoms with E-state index in [-0.39, 0.29) is 18.0 Å². The Kier molecular flexibility index (Phi) is 5.68. The largest absolute Gasteiger partial charge is 0.480 e. The van der Waals surface area contributed by atoms with Gasteiger partial charge in [0.15, 0.2) is 0 Å². The lowest BCUT2D eigenvalue weighted by molar-refractivity contribution is -0.137. The lowest BCUT2D eigenvalue weighted by atomic mass is 10.0. The first-order valence-corrected chi connectivity index (χ1v) is 11.3. The number of carboxylic acid groups (broad SMARTS) is 1. The molecular weight excluding hydrogens is 438 g/mol. The molecule has 0 spiro atoms. The van der Waals surface area contributed by atoms with E-state index < -0.39 is 5.97 Å². The number of fused-ring (bicyclic) bond motifs is 3. The molecule has 5 rings (SSSR count). The van der Waals surface area contributed by atoms with Gasteiger partial charge in [-0.15, -0.1) is 0 Å². The predicted molar refractivity (Wildman–Crippen MR) is 135 cm³/mol. The minimum atomic E-state index is -0.963. The maximum atomic E-state index is 13.8. The summed E-state index contributed by atoms with van der Waals surface area (Å²) < 4.78 is 1.63. The molecular formula is C29H23N3O3. The Labute approximate surface area is 203 Å². The molecule has 1 aliphatic heterocycles. The van der Waals surface area contributed by atoms with Crippen LogP contribution in [0.3, 0.4) is 0 Å². The van der Waals surface area contributed by atoms with E-state index in [1.54, 1.807) is 21.7 Å². The minimum Gasteiger partial charge on any atom is -0.480 e. The van der Waals surface area contributed by atoms with Gasteiger partial charge in [0.05, 0.1) is 6.54 Å². The van der Waals surface area contributed by atoms with E-state index in [4.69, 9.17) is 0 Å². The molecule has 1 aromatic heterocycles. The van der Waals surface area contributed by atoms with Crippen LogP contribution in [0.25, 0.3) is 17.0 Å². The normalized spacial score (nSPS) is 13.0. The Morgan fingerprint density at radius 1 is 1.03 bits per heavy atom. The lowest BCUT2D eigenvalue weighted by Crippen LogP contribution is -2.31. The van der Waals surface area contributed by atoms with Gasteiger partial charge in [-0.05, 0) is 53.8 Å². The van der Waals surface area contributed by atoms with Gasteiger partial charge in [-0.2, -0.15) is 5.26 Å². The number of hydrogen-bond acceptors (Lipinski definition) is 3. The zero-order chi connectivity index (χ0) is 24.5. The number of aryl methyl sites for hydroxylation is 1. The van der Waals surface area contributed by atoms with Gasteiger partial charge in [0.1, 0.15) is 18.2 Å². The highest BCUT2D eigenvalue weighted by molar-refractivity contribution is 6.12. The lowest BCUT2D eigenvalue weighted by Gasteiger charge is -2.23. The highest BCUT2D eigenvalue weighted by Crippen LogP contribution is 2.32. The molecule has 0 aliphatic carbocycles. The third-order valence-corrected chi connectivity index (χ3v) is 6.38. The quantitative estimate of drug-likeness (QED) is 0.339. The van der Waals surface area contributed by atoms with Gasteiger partial charge in [-0.25, -0.2) is 0 Å². The summed E-state index contributed by atoms with van der Waals surface area (Å²) in [6.07, 6.45) is 3.97. The number of nitrogens with zero attached hydrogens (tertiary/aromatic N) is 3. The van der Waals surface area contributed by atoms with Gasteiger partial charge in [0.2, 0.25) is 0 Å². The van der Waals surface area contributed by atoms with Crippen LogP contribution in [0.15, 0.2) is 78.5 Å². The summed E-state index contributed by atoms with van der Waals surface area (Å²) in [6, 6.07) is 23.6. The number of amides is 1. The molecule has 1 amide bonds. The molecule has 0 saturated heterocycles. The van der Waals surface area contributed by atoms with Crippen LogP contribution >= 0.6 is 0 Å². The first-order chi connectivity index (χ1) is 16.9. The summed E-state index contributed by atoms with van der Waals surface area (Å²) in [7, 11) is 0. The second-order valence-electron chi connectivity index (χ2n) is 8.76. The molecule has 0 fully saturated rings. The summed E-state index contributed by atoms with van der Waals surface area (Å²) in [5.41, 5.74) is 6.39. The van der Waals surface area contributed by atoms with Gasteiger partial charge in [0.25, 0.3) is 5.91 Å². The number of carbonyl (C=O) groups excluding carboxylic acids is 1. The van der Waals surface area contributed by atoms with Crippen molar-refractivity contribution in [1.29, 1.82) is 5.26 Å². The Bertz CT molecular complexity index is 1560. The number of carbonyl (C=O) groups is 2. The Hall–Kier alpha value is -4.63. The molecule has 1 N–H and O–H groups in total. The smallest absolute Gasteiger partial charge is 0.323 e. The molecule has 0 radical (unpaired) electrons. The highest BCUT2D eigenvalue weighted by Gasteiger charge is 2.26. The van der Waals surface area contributed by atoms with Gasteiger partial charge >= 0.3 is 5.97 Å². The molecule has 35 heavy (non-hydrogen) atoms. The van der Waals surface area contributed by atoms with E-state index in [0.29, 0.717) is 18.5 Å². The van der Waals surface area contributed by atoms with Crippen molar-refractivity contribution in [1.82, 2.24) is 4.57 Å². The number of nitriles is 1. The van der Waals surface area contributed by atoms with Crippen LogP contribution in [-0.2, 0) is 29.1 Å². The number of aliphatic carboxylic acids is 1. The Balaban J connectivity index is 1.60. The first-order valence-electron chi connectivity index (χ1n) is 11.3. The third-order valence-electron chi connectivity index (χ3n) is 6.38. The van der Waals surface area contributed by atoms with Crippen LogP contribution in [0.5, 0.6) is 0 Å². The molecule has 6 heteroatoms. The minimum absolute atomic E-state index is 0.00543. The third kappa shape index (κ3) is 4.20. The number of benzene rings is 3. The molecule has 4 aromatic rings. The first kappa shape index (κ1) is 22.2. The zero-order valence-corrected chi connectivity index (χ0v) is 19.2. The van der Waals surface area contributed by atoms with E-state index in [1.165, 1.54) is 0 Å². The Morgan fingerprint density at radius 3 is 2.49 bits per heavy atom. The van der Waals surface area contributed by atoms with E-state index in [9.17, 15) is 20.0 Å². The second-order valence-corrected chi connectivity index (χ2v) is 8.76. The number of anilines is 1. The van der Waals surface area contributed by atoms with E-state index >= 15 is 0 Å². The summed E-state index contributed by atoms with van der Waals surface area (Å²) in [4.78, 5) is 26.8. The fraction of sp³-hybridized carbons (Fsp3) is 0.138. The summed E-state index contributed by atoms with van der Waals surface area (Å²) in [5, 5.41) is 20.1. The number of para-hydroxylation sites is 1. The number of carboxylic acids is 1. The molecule has 0 atom stereocenters. The molecule has 0 saturated carbocycles. The monoisotopic (exact) mass is 461 g/mol. The van der Waals surface area contributed by atoms with Crippen molar-refractivity contribution in [3.8, 4) is 6.07 Å². The van der Waals surface area contributed by atoms with Crippen molar-refractivity contribution in [2.24, 2.45) is 0 Å². The van der Waals surface area contributed by atoms with Crippen molar-refractivity contribution in [2.45, 2.75) is 26.4 Å². The molecule has 1 aliphatic rings. The topological polar surface area (TPSA) is 86.3 Å². The van der Waals surface area contributed by atoms with Gasteiger partial charge < -0.3 is 14.6 Å². The highest BCUT2D eigenvalue weighted by atomic mass is 16.4. The van der Waals surface area contributed by atoms with Gasteiger partial charge in [-0.3, -0.25) is 9.59 Å². The summed E-state index contributed by atoms with van der Waals surface area (Å²) in [6.45, 7) is 2.09. The summed E-state index contributed by atoms with van der Waals surface area (Å²) >= 11 is 0. The number of aromatic nitrogens is 1. The van der Waals surface area contributed by atoms with Crippen molar-refractivity contribution in [2.75, 3.05) is 4.90 Å². The molecule has 0 bridgehead atoms. The van der Waals surface area contributed by atoms with Crippen LogP contribution in [0, 0.1) is 18.3 Å². The maximum absolute atomic E-state index is 13.8. The van der Waals surface area contributed by atoms with Gasteiger partial charge in [-0.1, -0.05) is 54.6 Å². The molecule has 6 nitrogen and oxygen atoms in total. The van der Waals surface area contributed by atoms with Crippen LogP contribution in [0.1, 0.15) is 27.8 Å². The van der Waals surface area contributed by atoms with Crippen molar-refractivity contribution < 1.29 is 14.7 Å². The SMILES string of the molecule is Cc1ccc2c(C=C(C#N)C(=O)N3Cc4ccccc4Cc4ccccc43)cn(CC(=O)O)c2c1. The number of hydrogen-bond donors (Lipinski definition) is 1. The molecule has 3 aromatic carbocycles. The summed E-state index contributed by atoms with van der Waals surface area (Å²) in [5.74, 6) is -1.35. The van der Waals surface area contributed by atoms with Crippen molar-refractivity contribution in [3.05, 3.63) is 106 Å². The van der Waals surface area contributed by atoms with Crippen LogP contribution in [-0.4, -0.2) is 21.6 Å². The maximum Gasteiger partial charge on any atom is 0.323 e. The number of rotatable bonds is 4. The van der Waals surface area contributed by atoms with Crippen LogP contribution in [0.2, 0.25) is 0 Å². The average molecular weight is 462 g/mol. The van der Waals surface area contributed by atoms with E-state index in [0.717, 1.165) is 38.8 Å². The fourth-order valence-electron chi connectivity index (χ4n) is 4.71. The predicted octanol–water partition coefficient (Wildman–Crippen LogP) is 5.08. The molecule has 0 unspecified atom stereocenters.